The van der Waals surface area contributed by atoms with Gasteiger partial charge in [0.1, 0.15) is 11.5 Å². The molecule has 0 aromatic heterocycles. The summed E-state index contributed by atoms with van der Waals surface area (Å²) in [7, 11) is 0. The molecule has 0 radical (unpaired) electrons. The van der Waals surface area contributed by atoms with Crippen molar-refractivity contribution in [3.63, 3.8) is 0 Å². The van der Waals surface area contributed by atoms with E-state index in [0.29, 0.717) is 12.2 Å². The lowest BCUT2D eigenvalue weighted by molar-refractivity contribution is -0.135. The highest BCUT2D eigenvalue weighted by atomic mass is 19.3. The minimum Gasteiger partial charge on any atom is -0.435 e. The van der Waals surface area contributed by atoms with Crippen molar-refractivity contribution in [2.24, 2.45) is 5.92 Å². The van der Waals surface area contributed by atoms with Crippen molar-refractivity contribution in [3.8, 4) is 11.5 Å². The predicted octanol–water partition coefficient (Wildman–Crippen LogP) is 3.24. The van der Waals surface area contributed by atoms with Gasteiger partial charge in [-0.15, -0.1) is 0 Å². The third kappa shape index (κ3) is 5.29. The molecule has 1 aromatic rings. The SMILES string of the molecule is CC(C)CC(=O)Oc1ccc(OC(F)F)cc1. The summed E-state index contributed by atoms with van der Waals surface area (Å²) in [5, 5.41) is 0. The molecule has 0 saturated carbocycles. The van der Waals surface area contributed by atoms with Crippen molar-refractivity contribution in [2.75, 3.05) is 0 Å². The Labute approximate surface area is 98.3 Å². The van der Waals surface area contributed by atoms with Crippen molar-refractivity contribution in [2.45, 2.75) is 26.9 Å². The maximum absolute atomic E-state index is 11.9. The van der Waals surface area contributed by atoms with Crippen molar-refractivity contribution in [3.05, 3.63) is 24.3 Å². The zero-order valence-corrected chi connectivity index (χ0v) is 9.65. The fourth-order valence-corrected chi connectivity index (χ4v) is 1.20. The van der Waals surface area contributed by atoms with Crippen LogP contribution in [-0.4, -0.2) is 12.6 Å². The summed E-state index contributed by atoms with van der Waals surface area (Å²) in [6, 6.07) is 5.47. The predicted molar refractivity (Wildman–Crippen MR) is 58.2 cm³/mol. The van der Waals surface area contributed by atoms with Crippen LogP contribution in [0.2, 0.25) is 0 Å². The summed E-state index contributed by atoms with van der Waals surface area (Å²) in [6.45, 7) is 0.950. The van der Waals surface area contributed by atoms with Crippen LogP contribution >= 0.6 is 0 Å². The molecule has 0 amide bonds. The first-order valence-electron chi connectivity index (χ1n) is 5.23. The highest BCUT2D eigenvalue weighted by Crippen LogP contribution is 2.19. The Balaban J connectivity index is 2.53. The molecule has 0 saturated heterocycles. The largest absolute Gasteiger partial charge is 0.435 e. The van der Waals surface area contributed by atoms with Crippen molar-refractivity contribution < 1.29 is 23.0 Å². The lowest BCUT2D eigenvalue weighted by Crippen LogP contribution is -2.10. The molecule has 1 aromatic carbocycles. The number of alkyl halides is 2. The van der Waals surface area contributed by atoms with Crippen LogP contribution in [0.3, 0.4) is 0 Å². The van der Waals surface area contributed by atoms with Gasteiger partial charge in [-0.3, -0.25) is 4.79 Å². The summed E-state index contributed by atoms with van der Waals surface area (Å²) >= 11 is 0. The molecule has 0 aliphatic heterocycles. The number of esters is 1. The molecule has 3 nitrogen and oxygen atoms in total. The van der Waals surface area contributed by atoms with E-state index in [2.05, 4.69) is 4.74 Å². The standard InChI is InChI=1S/C12H14F2O3/c1-8(2)7-11(15)16-9-3-5-10(6-4-9)17-12(13)14/h3-6,8,12H,7H2,1-2H3. The Morgan fingerprint density at radius 3 is 2.18 bits per heavy atom. The van der Waals surface area contributed by atoms with Crippen LogP contribution in [0.4, 0.5) is 8.78 Å². The minimum absolute atomic E-state index is 0.0312. The third-order valence-electron chi connectivity index (χ3n) is 1.86. The Hall–Kier alpha value is -1.65. The van der Waals surface area contributed by atoms with E-state index in [1.807, 2.05) is 13.8 Å². The van der Waals surface area contributed by atoms with Gasteiger partial charge in [0.2, 0.25) is 0 Å². The average Bonchev–Trinajstić information content (AvgIpc) is 2.18. The van der Waals surface area contributed by atoms with Crippen molar-refractivity contribution in [1.29, 1.82) is 0 Å². The fraction of sp³-hybridized carbons (Fsp3) is 0.417. The number of benzene rings is 1. The molecule has 94 valence electrons. The molecule has 0 unspecified atom stereocenters. The molecule has 0 heterocycles. The van der Waals surface area contributed by atoms with Gasteiger partial charge < -0.3 is 9.47 Å². The molecule has 0 bridgehead atoms. The summed E-state index contributed by atoms with van der Waals surface area (Å²) in [4.78, 5) is 11.3. The van der Waals surface area contributed by atoms with Crippen LogP contribution in [0.1, 0.15) is 20.3 Å². The van der Waals surface area contributed by atoms with Gasteiger partial charge >= 0.3 is 12.6 Å². The number of ether oxygens (including phenoxy) is 2. The van der Waals surface area contributed by atoms with Gasteiger partial charge in [0, 0.05) is 6.42 Å². The topological polar surface area (TPSA) is 35.5 Å². The van der Waals surface area contributed by atoms with E-state index in [4.69, 9.17) is 4.74 Å². The molecule has 0 N–H and O–H groups in total. The Morgan fingerprint density at radius 2 is 1.71 bits per heavy atom. The number of rotatable bonds is 5. The lowest BCUT2D eigenvalue weighted by atomic mass is 10.1. The van der Waals surface area contributed by atoms with Crippen LogP contribution in [0.5, 0.6) is 11.5 Å². The van der Waals surface area contributed by atoms with E-state index in [9.17, 15) is 13.6 Å². The number of hydrogen-bond donors (Lipinski definition) is 0. The summed E-state index contributed by atoms with van der Waals surface area (Å²) in [6.07, 6.45) is 0.315. The second kappa shape index (κ2) is 6.18. The normalized spacial score (nSPS) is 10.7. The monoisotopic (exact) mass is 244 g/mol. The Kier molecular flexibility index (Phi) is 4.87. The van der Waals surface area contributed by atoms with Crippen LogP contribution in [0, 0.1) is 5.92 Å². The van der Waals surface area contributed by atoms with Crippen LogP contribution in [-0.2, 0) is 4.79 Å². The number of carbonyl (C=O) groups excluding carboxylic acids is 1. The van der Waals surface area contributed by atoms with Crippen molar-refractivity contribution in [1.82, 2.24) is 0 Å². The molecule has 0 atom stereocenters. The van der Waals surface area contributed by atoms with E-state index in [-0.39, 0.29) is 17.6 Å². The van der Waals surface area contributed by atoms with E-state index >= 15 is 0 Å². The Morgan fingerprint density at radius 1 is 1.18 bits per heavy atom. The second-order valence-electron chi connectivity index (χ2n) is 3.92. The summed E-state index contributed by atoms with van der Waals surface area (Å²) in [5.41, 5.74) is 0. The van der Waals surface area contributed by atoms with Gasteiger partial charge in [0.25, 0.3) is 0 Å². The van der Waals surface area contributed by atoms with E-state index in [1.165, 1.54) is 24.3 Å². The quantitative estimate of drug-likeness (QED) is 0.589. The first kappa shape index (κ1) is 13.4. The molecule has 0 aliphatic rings. The molecule has 0 fully saturated rings. The first-order valence-corrected chi connectivity index (χ1v) is 5.23. The zero-order valence-electron chi connectivity index (χ0n) is 9.65. The van der Waals surface area contributed by atoms with Gasteiger partial charge in [-0.2, -0.15) is 8.78 Å². The molecular weight excluding hydrogens is 230 g/mol. The first-order chi connectivity index (χ1) is 7.97. The fourth-order valence-electron chi connectivity index (χ4n) is 1.20. The maximum Gasteiger partial charge on any atom is 0.387 e. The van der Waals surface area contributed by atoms with Gasteiger partial charge in [-0.25, -0.2) is 0 Å². The molecule has 17 heavy (non-hydrogen) atoms. The van der Waals surface area contributed by atoms with E-state index in [1.54, 1.807) is 0 Å². The van der Waals surface area contributed by atoms with Crippen LogP contribution in [0.25, 0.3) is 0 Å². The lowest BCUT2D eigenvalue weighted by Gasteiger charge is -2.07. The zero-order chi connectivity index (χ0) is 12.8. The second-order valence-corrected chi connectivity index (χ2v) is 3.92. The molecule has 0 aliphatic carbocycles. The van der Waals surface area contributed by atoms with Gasteiger partial charge in [-0.1, -0.05) is 13.8 Å². The van der Waals surface area contributed by atoms with Crippen molar-refractivity contribution >= 4 is 5.97 Å². The number of halogens is 2. The Bertz CT molecular complexity index is 361. The third-order valence-corrected chi connectivity index (χ3v) is 1.86. The summed E-state index contributed by atoms with van der Waals surface area (Å²) in [5.74, 6) is 0.215. The smallest absolute Gasteiger partial charge is 0.387 e. The van der Waals surface area contributed by atoms with Gasteiger partial charge in [0.05, 0.1) is 0 Å². The van der Waals surface area contributed by atoms with E-state index in [0.717, 1.165) is 0 Å². The average molecular weight is 244 g/mol. The molecule has 0 spiro atoms. The highest BCUT2D eigenvalue weighted by Gasteiger charge is 2.08. The molecule has 5 heteroatoms. The molecular formula is C12H14F2O3. The number of hydrogen-bond acceptors (Lipinski definition) is 3. The highest BCUT2D eigenvalue weighted by molar-refractivity contribution is 5.72. The minimum atomic E-state index is -2.86. The van der Waals surface area contributed by atoms with Gasteiger partial charge in [0.15, 0.2) is 0 Å². The van der Waals surface area contributed by atoms with Gasteiger partial charge in [-0.05, 0) is 30.2 Å². The number of carbonyl (C=O) groups is 1. The van der Waals surface area contributed by atoms with Crippen LogP contribution < -0.4 is 9.47 Å². The van der Waals surface area contributed by atoms with Crippen LogP contribution in [0.15, 0.2) is 24.3 Å². The summed E-state index contributed by atoms with van der Waals surface area (Å²) < 4.78 is 32.9. The molecule has 1 rings (SSSR count). The maximum atomic E-state index is 11.9. The van der Waals surface area contributed by atoms with E-state index < -0.39 is 6.61 Å².